The molecule has 0 bridgehead atoms. The number of hydrogen-bond donors (Lipinski definition) is 0. The predicted octanol–water partition coefficient (Wildman–Crippen LogP) is 2.35. The summed E-state index contributed by atoms with van der Waals surface area (Å²) in [6.45, 7) is 15.8. The van der Waals surface area contributed by atoms with Crippen molar-refractivity contribution in [1.29, 1.82) is 0 Å². The number of carbonyl (C=O) groups excluding carboxylic acids is 1. The summed E-state index contributed by atoms with van der Waals surface area (Å²) in [6.07, 6.45) is 1.02. The Morgan fingerprint density at radius 2 is 1.82 bits per heavy atom. The van der Waals surface area contributed by atoms with E-state index in [0.717, 1.165) is 5.46 Å². The van der Waals surface area contributed by atoms with Crippen LogP contribution in [0.4, 0.5) is 4.79 Å². The zero-order valence-electron chi connectivity index (χ0n) is 18.8. The van der Waals surface area contributed by atoms with Gasteiger partial charge in [-0.3, -0.25) is 0 Å². The molecule has 1 atom stereocenters. The Hall–Kier alpha value is -1.74. The van der Waals surface area contributed by atoms with Gasteiger partial charge in [-0.05, 0) is 55.4 Å². The lowest BCUT2D eigenvalue weighted by molar-refractivity contribution is 0.00578. The second-order valence-electron chi connectivity index (χ2n) is 9.41. The summed E-state index contributed by atoms with van der Waals surface area (Å²) in [4.78, 5) is 13.7. The SMILES string of the molecule is C[C@@H](CN(C)C(=O)OC(C)(C)C)Oc1c(B2OC(C)(C)C(C)(C)O2)cnn1C. The summed E-state index contributed by atoms with van der Waals surface area (Å²) >= 11 is 0. The first-order valence-corrected chi connectivity index (χ1v) is 9.61. The smallest absolute Gasteiger partial charge is 0.473 e. The number of carbonyl (C=O) groups is 1. The van der Waals surface area contributed by atoms with E-state index in [1.807, 2.05) is 55.4 Å². The second-order valence-corrected chi connectivity index (χ2v) is 9.41. The quantitative estimate of drug-likeness (QED) is 0.713. The standard InChI is InChI=1S/C19H34BN3O5/c1-13(12-22(9)16(24)26-17(2,3)4)25-15-14(11-21-23(15)10)20-27-18(5,6)19(7,8)28-20/h11,13H,12H2,1-10H3/t13-/m0/s1. The van der Waals surface area contributed by atoms with Crippen molar-refractivity contribution in [3.63, 3.8) is 0 Å². The lowest BCUT2D eigenvalue weighted by Crippen LogP contribution is -2.41. The highest BCUT2D eigenvalue weighted by atomic mass is 16.7. The van der Waals surface area contributed by atoms with E-state index in [1.54, 1.807) is 25.0 Å². The van der Waals surface area contributed by atoms with Crippen molar-refractivity contribution in [3.05, 3.63) is 6.20 Å². The van der Waals surface area contributed by atoms with Gasteiger partial charge in [-0.2, -0.15) is 5.10 Å². The van der Waals surface area contributed by atoms with Crippen molar-refractivity contribution in [1.82, 2.24) is 14.7 Å². The third kappa shape index (κ3) is 5.00. The van der Waals surface area contributed by atoms with Crippen molar-refractivity contribution in [2.24, 2.45) is 7.05 Å². The van der Waals surface area contributed by atoms with Crippen LogP contribution in [0.2, 0.25) is 0 Å². The molecule has 8 nitrogen and oxygen atoms in total. The predicted molar refractivity (Wildman–Crippen MR) is 108 cm³/mol. The molecule has 1 fully saturated rings. The van der Waals surface area contributed by atoms with Crippen LogP contribution in [0.1, 0.15) is 55.4 Å². The fraction of sp³-hybridized carbons (Fsp3) is 0.789. The highest BCUT2D eigenvalue weighted by Crippen LogP contribution is 2.37. The van der Waals surface area contributed by atoms with Crippen LogP contribution in [-0.4, -0.2) is 64.4 Å². The zero-order valence-corrected chi connectivity index (χ0v) is 18.8. The lowest BCUT2D eigenvalue weighted by atomic mass is 9.81. The van der Waals surface area contributed by atoms with Gasteiger partial charge in [0.2, 0.25) is 5.88 Å². The summed E-state index contributed by atoms with van der Waals surface area (Å²) in [5, 5.41) is 4.30. The molecule has 2 heterocycles. The van der Waals surface area contributed by atoms with E-state index in [-0.39, 0.29) is 12.2 Å². The molecule has 0 unspecified atom stereocenters. The van der Waals surface area contributed by atoms with Crippen molar-refractivity contribution in [2.45, 2.75) is 78.3 Å². The van der Waals surface area contributed by atoms with Gasteiger partial charge in [-0.25, -0.2) is 9.48 Å². The van der Waals surface area contributed by atoms with Gasteiger partial charge in [-0.15, -0.1) is 0 Å². The number of ether oxygens (including phenoxy) is 2. The summed E-state index contributed by atoms with van der Waals surface area (Å²) < 4.78 is 25.4. The van der Waals surface area contributed by atoms with E-state index in [2.05, 4.69) is 5.10 Å². The van der Waals surface area contributed by atoms with Crippen LogP contribution in [-0.2, 0) is 21.1 Å². The molecule has 0 aliphatic carbocycles. The van der Waals surface area contributed by atoms with Gasteiger partial charge in [0.15, 0.2) is 0 Å². The monoisotopic (exact) mass is 395 g/mol. The van der Waals surface area contributed by atoms with E-state index in [9.17, 15) is 4.79 Å². The molecule has 0 N–H and O–H groups in total. The number of aryl methyl sites for hydroxylation is 1. The minimum atomic E-state index is -0.565. The molecule has 0 radical (unpaired) electrons. The summed E-state index contributed by atoms with van der Waals surface area (Å²) in [5.74, 6) is 0.559. The van der Waals surface area contributed by atoms with Gasteiger partial charge in [0, 0.05) is 14.1 Å². The Bertz CT molecular complexity index is 695. The Kier molecular flexibility index (Phi) is 6.12. The second kappa shape index (κ2) is 7.59. The Morgan fingerprint density at radius 3 is 2.32 bits per heavy atom. The number of likely N-dealkylation sites (N-methyl/N-ethyl adjacent to an activating group) is 1. The van der Waals surface area contributed by atoms with Gasteiger partial charge in [0.25, 0.3) is 0 Å². The number of hydrogen-bond acceptors (Lipinski definition) is 6. The van der Waals surface area contributed by atoms with Crippen LogP contribution < -0.4 is 10.2 Å². The Balaban J connectivity index is 2.07. The van der Waals surface area contributed by atoms with Crippen molar-refractivity contribution in [2.75, 3.05) is 13.6 Å². The molecular weight excluding hydrogens is 361 g/mol. The van der Waals surface area contributed by atoms with Gasteiger partial charge in [-0.1, -0.05) is 0 Å². The molecule has 158 valence electrons. The maximum absolute atomic E-state index is 12.2. The summed E-state index contributed by atoms with van der Waals surface area (Å²) in [5.41, 5.74) is -0.713. The maximum Gasteiger partial charge on any atom is 0.502 e. The van der Waals surface area contributed by atoms with Crippen LogP contribution in [0, 0.1) is 0 Å². The van der Waals surface area contributed by atoms with Gasteiger partial charge in [0.05, 0.1) is 29.4 Å². The number of nitrogens with zero attached hydrogens (tertiary/aromatic N) is 3. The third-order valence-electron chi connectivity index (χ3n) is 4.97. The molecule has 0 aromatic carbocycles. The first-order chi connectivity index (χ1) is 12.6. The normalized spacial score (nSPS) is 19.4. The molecule has 1 amide bonds. The van der Waals surface area contributed by atoms with E-state index in [0.29, 0.717) is 12.4 Å². The van der Waals surface area contributed by atoms with Crippen molar-refractivity contribution < 1.29 is 23.6 Å². The topological polar surface area (TPSA) is 75.1 Å². The van der Waals surface area contributed by atoms with Gasteiger partial charge < -0.3 is 23.7 Å². The van der Waals surface area contributed by atoms with E-state index < -0.39 is 23.9 Å². The molecule has 0 saturated carbocycles. The largest absolute Gasteiger partial charge is 0.502 e. The molecule has 2 rings (SSSR count). The van der Waals surface area contributed by atoms with Crippen LogP contribution in [0.3, 0.4) is 0 Å². The van der Waals surface area contributed by atoms with E-state index >= 15 is 0 Å². The maximum atomic E-state index is 12.2. The lowest BCUT2D eigenvalue weighted by Gasteiger charge is -2.32. The van der Waals surface area contributed by atoms with Crippen LogP contribution in [0.15, 0.2) is 6.20 Å². The van der Waals surface area contributed by atoms with Crippen LogP contribution in [0.25, 0.3) is 0 Å². The average molecular weight is 395 g/mol. The first-order valence-electron chi connectivity index (χ1n) is 9.61. The molecule has 1 saturated heterocycles. The molecule has 28 heavy (non-hydrogen) atoms. The molecule has 9 heteroatoms. The van der Waals surface area contributed by atoms with Crippen LogP contribution >= 0.6 is 0 Å². The average Bonchev–Trinajstić information content (AvgIpc) is 2.94. The molecule has 1 aliphatic heterocycles. The minimum absolute atomic E-state index is 0.283. The van der Waals surface area contributed by atoms with E-state index in [1.165, 1.54) is 4.90 Å². The summed E-state index contributed by atoms with van der Waals surface area (Å²) in [7, 11) is 2.92. The van der Waals surface area contributed by atoms with Gasteiger partial charge in [0.1, 0.15) is 11.7 Å². The first kappa shape index (κ1) is 22.6. The minimum Gasteiger partial charge on any atom is -0.473 e. The zero-order chi connectivity index (χ0) is 21.5. The molecule has 0 spiro atoms. The molecule has 1 aromatic rings. The highest BCUT2D eigenvalue weighted by Gasteiger charge is 2.53. The number of amides is 1. The van der Waals surface area contributed by atoms with Crippen molar-refractivity contribution >= 4 is 18.7 Å². The molecule has 1 aromatic heterocycles. The molecule has 1 aliphatic rings. The Labute approximate surface area is 168 Å². The molecular formula is C19H34BN3O5. The number of aromatic nitrogens is 2. The van der Waals surface area contributed by atoms with Crippen molar-refractivity contribution in [3.8, 4) is 5.88 Å². The van der Waals surface area contributed by atoms with Crippen LogP contribution in [0.5, 0.6) is 5.88 Å². The number of rotatable bonds is 5. The highest BCUT2D eigenvalue weighted by molar-refractivity contribution is 6.63. The van der Waals surface area contributed by atoms with Gasteiger partial charge >= 0.3 is 13.2 Å². The van der Waals surface area contributed by atoms with E-state index in [4.69, 9.17) is 18.8 Å². The Morgan fingerprint density at radius 1 is 1.29 bits per heavy atom. The fourth-order valence-electron chi connectivity index (χ4n) is 2.75. The fourth-order valence-corrected chi connectivity index (χ4v) is 2.75. The third-order valence-corrected chi connectivity index (χ3v) is 4.97. The summed E-state index contributed by atoms with van der Waals surface area (Å²) in [6, 6.07) is 0.